The van der Waals surface area contributed by atoms with E-state index >= 15 is 0 Å². The van der Waals surface area contributed by atoms with Crippen LogP contribution in [0.2, 0.25) is 0 Å². The molecule has 0 aromatic heterocycles. The van der Waals surface area contributed by atoms with Gasteiger partial charge in [0.25, 0.3) is 5.91 Å². The van der Waals surface area contributed by atoms with Crippen LogP contribution < -0.4 is 9.80 Å². The Kier molecular flexibility index (Phi) is 5.14. The van der Waals surface area contributed by atoms with Crippen LogP contribution in [0, 0.1) is 5.92 Å². The van der Waals surface area contributed by atoms with Gasteiger partial charge in [-0.15, -0.1) is 0 Å². The third kappa shape index (κ3) is 3.42. The average molecular weight is 338 g/mol. The third-order valence-electron chi connectivity index (χ3n) is 4.39. The van der Waals surface area contributed by atoms with E-state index in [0.717, 1.165) is 11.4 Å². The van der Waals surface area contributed by atoms with Crippen molar-refractivity contribution in [3.05, 3.63) is 60.2 Å². The first-order valence-electron chi connectivity index (χ1n) is 8.39. The number of nitrogens with zero attached hydrogens (tertiary/aromatic N) is 2. The fourth-order valence-corrected chi connectivity index (χ4v) is 3.10. The lowest BCUT2D eigenvalue weighted by Gasteiger charge is -2.25. The van der Waals surface area contributed by atoms with Crippen molar-refractivity contribution in [2.45, 2.75) is 6.92 Å². The lowest BCUT2D eigenvalue weighted by Crippen LogP contribution is -2.39. The highest BCUT2D eigenvalue weighted by atomic mass is 16.5. The van der Waals surface area contributed by atoms with E-state index in [1.807, 2.05) is 49.4 Å². The van der Waals surface area contributed by atoms with Gasteiger partial charge in [-0.25, -0.2) is 0 Å². The molecule has 130 valence electrons. The van der Waals surface area contributed by atoms with Crippen molar-refractivity contribution in [1.82, 2.24) is 0 Å². The monoisotopic (exact) mass is 338 g/mol. The summed E-state index contributed by atoms with van der Waals surface area (Å²) in [5, 5.41) is 0. The number of hydrogen-bond donors (Lipinski definition) is 0. The number of carbonyl (C=O) groups is 2. The second kappa shape index (κ2) is 7.49. The minimum atomic E-state index is -0.295. The van der Waals surface area contributed by atoms with Gasteiger partial charge >= 0.3 is 0 Å². The van der Waals surface area contributed by atoms with Crippen LogP contribution in [-0.4, -0.2) is 38.6 Å². The van der Waals surface area contributed by atoms with Gasteiger partial charge in [0.05, 0.1) is 23.9 Å². The molecule has 5 nitrogen and oxygen atoms in total. The molecule has 2 aromatic carbocycles. The normalized spacial score (nSPS) is 17.2. The summed E-state index contributed by atoms with van der Waals surface area (Å²) in [4.78, 5) is 29.3. The topological polar surface area (TPSA) is 49.9 Å². The smallest absolute Gasteiger partial charge is 0.258 e. The third-order valence-corrected chi connectivity index (χ3v) is 4.39. The first kappa shape index (κ1) is 17.2. The summed E-state index contributed by atoms with van der Waals surface area (Å²) < 4.78 is 5.15. The molecule has 25 heavy (non-hydrogen) atoms. The molecular formula is C20H22N2O3. The zero-order valence-electron chi connectivity index (χ0n) is 14.5. The summed E-state index contributed by atoms with van der Waals surface area (Å²) >= 11 is 0. The van der Waals surface area contributed by atoms with Gasteiger partial charge in [-0.05, 0) is 24.3 Å². The summed E-state index contributed by atoms with van der Waals surface area (Å²) in [5.41, 5.74) is 2.12. The molecule has 1 aliphatic rings. The van der Waals surface area contributed by atoms with Gasteiger partial charge in [-0.1, -0.05) is 37.3 Å². The van der Waals surface area contributed by atoms with Crippen molar-refractivity contribution in [3.63, 3.8) is 0 Å². The number of para-hydroxylation sites is 2. The molecule has 3 rings (SSSR count). The maximum atomic E-state index is 13.1. The number of rotatable bonds is 4. The first-order valence-corrected chi connectivity index (χ1v) is 8.39. The van der Waals surface area contributed by atoms with E-state index in [0.29, 0.717) is 25.3 Å². The van der Waals surface area contributed by atoms with E-state index in [2.05, 4.69) is 0 Å². The molecule has 0 saturated heterocycles. The number of hydrogen-bond acceptors (Lipinski definition) is 3. The standard InChI is InChI=1S/C20H22N2O3/c1-15-14-22(20(24)16-8-4-3-5-9-16)18-11-7-6-10-17(18)21(19(15)23)12-13-25-2/h3-11,15H,12-14H2,1-2H3/t15-/m0/s1. The van der Waals surface area contributed by atoms with Crippen LogP contribution in [0.5, 0.6) is 0 Å². The van der Waals surface area contributed by atoms with Gasteiger partial charge in [0.2, 0.25) is 5.91 Å². The predicted octanol–water partition coefficient (Wildman–Crippen LogP) is 2.96. The molecule has 2 amide bonds. The number of methoxy groups -OCH3 is 1. The van der Waals surface area contributed by atoms with Gasteiger partial charge in [-0.3, -0.25) is 9.59 Å². The van der Waals surface area contributed by atoms with Gasteiger partial charge < -0.3 is 14.5 Å². The molecule has 0 N–H and O–H groups in total. The van der Waals surface area contributed by atoms with E-state index in [1.165, 1.54) is 0 Å². The first-order chi connectivity index (χ1) is 12.1. The Morgan fingerprint density at radius 2 is 1.72 bits per heavy atom. The van der Waals surface area contributed by atoms with E-state index in [4.69, 9.17) is 4.74 Å². The molecule has 0 aliphatic carbocycles. The number of amides is 2. The van der Waals surface area contributed by atoms with E-state index in [9.17, 15) is 9.59 Å². The van der Waals surface area contributed by atoms with Crippen LogP contribution in [0.1, 0.15) is 17.3 Å². The zero-order chi connectivity index (χ0) is 17.8. The number of benzene rings is 2. The highest BCUT2D eigenvalue weighted by molar-refractivity contribution is 6.11. The van der Waals surface area contributed by atoms with Gasteiger partial charge in [0.15, 0.2) is 0 Å². The highest BCUT2D eigenvalue weighted by Gasteiger charge is 2.33. The Labute approximate surface area is 147 Å². The maximum absolute atomic E-state index is 13.1. The molecule has 0 saturated carbocycles. The average Bonchev–Trinajstić information content (AvgIpc) is 2.76. The summed E-state index contributed by atoms with van der Waals surface area (Å²) in [6.07, 6.45) is 0. The molecule has 0 spiro atoms. The minimum Gasteiger partial charge on any atom is -0.383 e. The number of anilines is 2. The molecule has 5 heteroatoms. The van der Waals surface area contributed by atoms with Crippen molar-refractivity contribution in [3.8, 4) is 0 Å². The van der Waals surface area contributed by atoms with Crippen LogP contribution in [0.25, 0.3) is 0 Å². The van der Waals surface area contributed by atoms with Crippen molar-refractivity contribution in [1.29, 1.82) is 0 Å². The zero-order valence-corrected chi connectivity index (χ0v) is 14.5. The van der Waals surface area contributed by atoms with E-state index in [-0.39, 0.29) is 17.7 Å². The number of carbonyl (C=O) groups excluding carboxylic acids is 2. The predicted molar refractivity (Wildman–Crippen MR) is 98.0 cm³/mol. The molecule has 0 fully saturated rings. The molecule has 1 heterocycles. The van der Waals surface area contributed by atoms with Crippen LogP contribution in [0.3, 0.4) is 0 Å². The fourth-order valence-electron chi connectivity index (χ4n) is 3.10. The van der Waals surface area contributed by atoms with Crippen LogP contribution >= 0.6 is 0 Å². The second-order valence-corrected chi connectivity index (χ2v) is 6.15. The van der Waals surface area contributed by atoms with Crippen LogP contribution in [0.4, 0.5) is 11.4 Å². The number of fused-ring (bicyclic) bond motifs is 1. The SMILES string of the molecule is COCCN1C(=O)[C@@H](C)CN(C(=O)c2ccccc2)c2ccccc21. The lowest BCUT2D eigenvalue weighted by molar-refractivity contribution is -0.121. The highest BCUT2D eigenvalue weighted by Crippen LogP contribution is 2.34. The quantitative estimate of drug-likeness (QED) is 0.861. The van der Waals surface area contributed by atoms with Crippen molar-refractivity contribution < 1.29 is 14.3 Å². The van der Waals surface area contributed by atoms with Gasteiger partial charge in [-0.2, -0.15) is 0 Å². The van der Waals surface area contributed by atoms with Crippen molar-refractivity contribution in [2.24, 2.45) is 5.92 Å². The Morgan fingerprint density at radius 1 is 1.08 bits per heavy atom. The van der Waals surface area contributed by atoms with Crippen molar-refractivity contribution >= 4 is 23.2 Å². The summed E-state index contributed by atoms with van der Waals surface area (Å²) in [6.45, 7) is 3.12. The molecule has 0 unspecified atom stereocenters. The summed E-state index contributed by atoms with van der Waals surface area (Å²) in [6, 6.07) is 16.7. The fraction of sp³-hybridized carbons (Fsp3) is 0.300. The van der Waals surface area contributed by atoms with Crippen LogP contribution in [-0.2, 0) is 9.53 Å². The summed E-state index contributed by atoms with van der Waals surface area (Å²) in [5.74, 6) is -0.383. The Morgan fingerprint density at radius 3 is 2.40 bits per heavy atom. The molecule has 1 atom stereocenters. The molecular weight excluding hydrogens is 316 g/mol. The van der Waals surface area contributed by atoms with Crippen LogP contribution in [0.15, 0.2) is 54.6 Å². The van der Waals surface area contributed by atoms with Gasteiger partial charge in [0, 0.05) is 25.8 Å². The largest absolute Gasteiger partial charge is 0.383 e. The van der Waals surface area contributed by atoms with E-state index in [1.54, 1.807) is 29.0 Å². The molecule has 1 aliphatic heterocycles. The lowest BCUT2D eigenvalue weighted by atomic mass is 10.1. The second-order valence-electron chi connectivity index (χ2n) is 6.15. The molecule has 2 aromatic rings. The maximum Gasteiger partial charge on any atom is 0.258 e. The molecule has 0 bridgehead atoms. The molecule has 0 radical (unpaired) electrons. The van der Waals surface area contributed by atoms with Crippen molar-refractivity contribution in [2.75, 3.05) is 36.6 Å². The minimum absolute atomic E-state index is 0.00728. The van der Waals surface area contributed by atoms with E-state index < -0.39 is 0 Å². The summed E-state index contributed by atoms with van der Waals surface area (Å²) in [7, 11) is 1.61. The van der Waals surface area contributed by atoms with Gasteiger partial charge in [0.1, 0.15) is 0 Å². The Hall–Kier alpha value is -2.66. The Balaban J connectivity index is 2.04. The Bertz CT molecular complexity index is 761. The number of ether oxygens (including phenoxy) is 1.